The quantitative estimate of drug-likeness (QED) is 0.634. The molecule has 0 radical (unpaired) electrons. The first-order valence-corrected chi connectivity index (χ1v) is 5.98. The number of hydrogen-bond acceptors (Lipinski definition) is 2. The number of urea groups is 1. The van der Waals surface area contributed by atoms with Crippen LogP contribution in [0.1, 0.15) is 11.1 Å². The van der Waals surface area contributed by atoms with E-state index in [0.717, 1.165) is 11.1 Å². The van der Waals surface area contributed by atoms with Gasteiger partial charge >= 0.3 is 6.03 Å². The Morgan fingerprint density at radius 1 is 0.737 bits per heavy atom. The van der Waals surface area contributed by atoms with Gasteiger partial charge in [-0.2, -0.15) is 0 Å². The number of nitrogens with one attached hydrogen (secondary N) is 2. The summed E-state index contributed by atoms with van der Waals surface area (Å²) < 4.78 is 0. The van der Waals surface area contributed by atoms with E-state index in [1.165, 1.54) is 0 Å². The topological polar surface area (TPSA) is 58.2 Å². The third-order valence-electron chi connectivity index (χ3n) is 3.28. The second kappa shape index (κ2) is 4.24. The summed E-state index contributed by atoms with van der Waals surface area (Å²) in [6.45, 7) is 0. The maximum atomic E-state index is 12.3. The molecular weight excluding hydrogens is 243 g/mol. The van der Waals surface area contributed by atoms with Crippen LogP contribution in [0, 0.1) is 0 Å². The molecule has 1 aliphatic heterocycles. The van der Waals surface area contributed by atoms with E-state index in [4.69, 9.17) is 0 Å². The van der Waals surface area contributed by atoms with Gasteiger partial charge in [0.1, 0.15) is 0 Å². The molecule has 2 aromatic carbocycles. The third-order valence-corrected chi connectivity index (χ3v) is 3.28. The van der Waals surface area contributed by atoms with E-state index in [1.807, 2.05) is 60.7 Å². The Morgan fingerprint density at radius 3 is 1.58 bits per heavy atom. The fourth-order valence-electron chi connectivity index (χ4n) is 2.40. The Hall–Kier alpha value is -2.62. The Labute approximate surface area is 110 Å². The van der Waals surface area contributed by atoms with E-state index in [0.29, 0.717) is 0 Å². The molecule has 0 unspecified atom stereocenters. The maximum Gasteiger partial charge on any atom is 0.322 e. The predicted molar refractivity (Wildman–Crippen MR) is 70.3 cm³/mol. The van der Waals surface area contributed by atoms with Crippen LogP contribution in [-0.4, -0.2) is 11.9 Å². The highest BCUT2D eigenvalue weighted by Crippen LogP contribution is 2.32. The van der Waals surface area contributed by atoms with Gasteiger partial charge in [-0.25, -0.2) is 4.79 Å². The summed E-state index contributed by atoms with van der Waals surface area (Å²) in [4.78, 5) is 23.9. The molecule has 19 heavy (non-hydrogen) atoms. The highest BCUT2D eigenvalue weighted by molar-refractivity contribution is 6.09. The van der Waals surface area contributed by atoms with Gasteiger partial charge in [-0.1, -0.05) is 60.7 Å². The predicted octanol–water partition coefficient (Wildman–Crippen LogP) is 1.77. The second-order valence-corrected chi connectivity index (χ2v) is 4.39. The summed E-state index contributed by atoms with van der Waals surface area (Å²) in [6, 6.07) is 18.0. The zero-order valence-electron chi connectivity index (χ0n) is 10.1. The number of carbonyl (C=O) groups excluding carboxylic acids is 2. The van der Waals surface area contributed by atoms with Crippen molar-refractivity contribution in [2.75, 3.05) is 0 Å². The lowest BCUT2D eigenvalue weighted by molar-refractivity contribution is -0.122. The van der Waals surface area contributed by atoms with E-state index in [2.05, 4.69) is 10.6 Å². The maximum absolute atomic E-state index is 12.3. The molecule has 3 rings (SSSR count). The average Bonchev–Trinajstić information content (AvgIpc) is 2.76. The summed E-state index contributed by atoms with van der Waals surface area (Å²) >= 11 is 0. The molecule has 3 amide bonds. The summed E-state index contributed by atoms with van der Waals surface area (Å²) in [5.74, 6) is -0.352. The highest BCUT2D eigenvalue weighted by Gasteiger charge is 2.48. The fraction of sp³-hybridized carbons (Fsp3) is 0.0667. The Morgan fingerprint density at radius 2 is 1.21 bits per heavy atom. The van der Waals surface area contributed by atoms with Gasteiger partial charge in [0.15, 0.2) is 5.54 Å². The molecule has 4 nitrogen and oxygen atoms in total. The zero-order chi connectivity index (χ0) is 13.3. The first kappa shape index (κ1) is 11.5. The Balaban J connectivity index is 2.23. The molecule has 1 saturated heterocycles. The molecule has 2 N–H and O–H groups in total. The van der Waals surface area contributed by atoms with Crippen molar-refractivity contribution in [1.82, 2.24) is 10.6 Å². The number of hydrogen-bond donors (Lipinski definition) is 2. The van der Waals surface area contributed by atoms with Gasteiger partial charge in [-0.05, 0) is 11.1 Å². The molecular formula is C15H12N2O2. The molecule has 1 aliphatic rings. The normalized spacial score (nSPS) is 16.8. The van der Waals surface area contributed by atoms with E-state index < -0.39 is 11.6 Å². The largest absolute Gasteiger partial charge is 0.322 e. The third kappa shape index (κ3) is 1.69. The fourth-order valence-corrected chi connectivity index (χ4v) is 2.40. The van der Waals surface area contributed by atoms with Gasteiger partial charge < -0.3 is 5.32 Å². The lowest BCUT2D eigenvalue weighted by Crippen LogP contribution is -2.44. The number of amides is 3. The van der Waals surface area contributed by atoms with Crippen molar-refractivity contribution in [3.05, 3.63) is 71.8 Å². The second-order valence-electron chi connectivity index (χ2n) is 4.39. The molecule has 1 fully saturated rings. The zero-order valence-corrected chi connectivity index (χ0v) is 10.1. The smallest absolute Gasteiger partial charge is 0.316 e. The van der Waals surface area contributed by atoms with Gasteiger partial charge in [0.2, 0.25) is 0 Å². The van der Waals surface area contributed by atoms with Crippen molar-refractivity contribution >= 4 is 11.9 Å². The van der Waals surface area contributed by atoms with Crippen molar-refractivity contribution in [1.29, 1.82) is 0 Å². The highest BCUT2D eigenvalue weighted by atomic mass is 16.3. The van der Waals surface area contributed by atoms with Crippen molar-refractivity contribution in [2.24, 2.45) is 0 Å². The molecule has 0 aliphatic carbocycles. The van der Waals surface area contributed by atoms with Crippen LogP contribution < -0.4 is 10.6 Å². The van der Waals surface area contributed by atoms with Crippen molar-refractivity contribution in [3.63, 3.8) is 0 Å². The van der Waals surface area contributed by atoms with Gasteiger partial charge in [-0.15, -0.1) is 0 Å². The summed E-state index contributed by atoms with van der Waals surface area (Å²) in [5, 5.41) is 5.07. The van der Waals surface area contributed by atoms with E-state index in [1.54, 1.807) is 0 Å². The van der Waals surface area contributed by atoms with Crippen molar-refractivity contribution in [3.8, 4) is 0 Å². The Bertz CT molecular complexity index is 584. The summed E-state index contributed by atoms with van der Waals surface area (Å²) in [7, 11) is 0. The van der Waals surface area contributed by atoms with Gasteiger partial charge in [0.25, 0.3) is 5.91 Å². The van der Waals surface area contributed by atoms with Crippen LogP contribution in [0.25, 0.3) is 0 Å². The number of carbonyl (C=O) groups is 2. The van der Waals surface area contributed by atoms with E-state index >= 15 is 0 Å². The minimum absolute atomic E-state index is 0.352. The van der Waals surface area contributed by atoms with Gasteiger partial charge in [-0.3, -0.25) is 10.1 Å². The molecule has 94 valence electrons. The van der Waals surface area contributed by atoms with Gasteiger partial charge in [0.05, 0.1) is 0 Å². The SMILES string of the molecule is O=[13C]1N[13C](=O)[13C](c2ccccc2)(c2ccccc2)N1. The van der Waals surface area contributed by atoms with Crippen LogP contribution in [0.2, 0.25) is 0 Å². The van der Waals surface area contributed by atoms with Gasteiger partial charge in [0, 0.05) is 0 Å². The molecule has 0 aromatic heterocycles. The standard InChI is InChI=1S/C15H12N2O2/c18-13-15(17-14(19)16-13,11-7-3-1-4-8-11)12-9-5-2-6-10-12/h1-10H,(H2,16,17,18,19)/i13+1,14+1,15+1. The van der Waals surface area contributed by atoms with E-state index in [9.17, 15) is 9.59 Å². The first-order chi connectivity index (χ1) is 9.23. The molecule has 0 bridgehead atoms. The number of benzene rings is 2. The minimum atomic E-state index is -1.14. The number of imide groups is 1. The van der Waals surface area contributed by atoms with Crippen LogP contribution in [-0.2, 0) is 10.3 Å². The summed E-state index contributed by atoms with van der Waals surface area (Å²) in [5.41, 5.74) is 0.341. The first-order valence-electron chi connectivity index (χ1n) is 5.98. The van der Waals surface area contributed by atoms with Crippen LogP contribution in [0.15, 0.2) is 60.7 Å². The molecule has 2 aromatic rings. The average molecular weight is 255 g/mol. The van der Waals surface area contributed by atoms with Crippen molar-refractivity contribution in [2.45, 2.75) is 5.54 Å². The summed E-state index contributed by atoms with van der Waals surface area (Å²) in [6.07, 6.45) is 0. The van der Waals surface area contributed by atoms with Crippen LogP contribution >= 0.6 is 0 Å². The molecule has 0 spiro atoms. The van der Waals surface area contributed by atoms with Crippen LogP contribution in [0.5, 0.6) is 0 Å². The molecule has 4 heteroatoms. The lowest BCUT2D eigenvalue weighted by atomic mass is 10.1. The molecule has 0 saturated carbocycles. The molecule has 1 heterocycles. The van der Waals surface area contributed by atoms with Crippen LogP contribution in [0.3, 0.4) is 0 Å². The molecule has 0 atom stereocenters. The van der Waals surface area contributed by atoms with E-state index in [-0.39, 0.29) is 5.91 Å². The minimum Gasteiger partial charge on any atom is -0.316 e. The number of rotatable bonds is 2. The lowest BCUT2D eigenvalue weighted by Gasteiger charge is -2.27. The Kier molecular flexibility index (Phi) is 2.56. The van der Waals surface area contributed by atoms with Crippen LogP contribution in [0.4, 0.5) is 4.79 Å². The van der Waals surface area contributed by atoms with Crippen molar-refractivity contribution < 1.29 is 9.59 Å². The monoisotopic (exact) mass is 255 g/mol.